The third-order valence-corrected chi connectivity index (χ3v) is 7.81. The molecule has 8 nitrogen and oxygen atoms in total. The van der Waals surface area contributed by atoms with Gasteiger partial charge in [0.1, 0.15) is 4.90 Å². The van der Waals surface area contributed by atoms with E-state index in [-0.39, 0.29) is 4.90 Å². The maximum absolute atomic E-state index is 13.1. The maximum atomic E-state index is 13.1. The van der Waals surface area contributed by atoms with Crippen LogP contribution in [0.4, 0.5) is 10.5 Å². The number of urea groups is 1. The van der Waals surface area contributed by atoms with Crippen molar-refractivity contribution >= 4 is 21.6 Å². The minimum Gasteiger partial charge on any atom is -0.477 e. The van der Waals surface area contributed by atoms with Crippen LogP contribution in [0.3, 0.4) is 0 Å². The van der Waals surface area contributed by atoms with E-state index in [1.165, 1.54) is 28.5 Å². The van der Waals surface area contributed by atoms with Crippen molar-refractivity contribution in [3.05, 3.63) is 34.5 Å². The van der Waals surface area contributed by atoms with Gasteiger partial charge < -0.3 is 10.1 Å². The fourth-order valence-electron chi connectivity index (χ4n) is 5.07. The summed E-state index contributed by atoms with van der Waals surface area (Å²) in [5.41, 5.74) is 5.95. The molecule has 0 fully saturated rings. The lowest BCUT2D eigenvalue weighted by Crippen LogP contribution is -2.21. The first kappa shape index (κ1) is 19.6. The second kappa shape index (κ2) is 7.39. The number of benzene rings is 1. The number of ether oxygens (including phenoxy) is 1. The number of nitrogens with two attached hydrogens (primary N) is 1. The Morgan fingerprint density at radius 3 is 3.07 bits per heavy atom. The predicted molar refractivity (Wildman–Crippen MR) is 114 cm³/mol. The highest BCUT2D eigenvalue weighted by molar-refractivity contribution is 7.91. The number of hydrogen-bond acceptors (Lipinski definition) is 4. The minimum atomic E-state index is -3.47. The molecule has 0 saturated carbocycles. The number of carbonyl (C=O) groups is 1. The van der Waals surface area contributed by atoms with E-state index in [9.17, 15) is 9.00 Å². The highest BCUT2D eigenvalue weighted by atomic mass is 32.2. The lowest BCUT2D eigenvalue weighted by atomic mass is 9.92. The van der Waals surface area contributed by atoms with E-state index in [0.29, 0.717) is 24.9 Å². The first-order valence-corrected chi connectivity index (χ1v) is 12.3. The zero-order valence-electron chi connectivity index (χ0n) is 17.1. The third-order valence-electron chi connectivity index (χ3n) is 6.47. The fourth-order valence-corrected chi connectivity index (χ4v) is 6.07. The number of rotatable bonds is 3. The molecule has 0 bridgehead atoms. The van der Waals surface area contributed by atoms with Gasteiger partial charge in [0.25, 0.3) is 0 Å². The van der Waals surface area contributed by atoms with Crippen LogP contribution < -0.4 is 15.2 Å². The van der Waals surface area contributed by atoms with Crippen molar-refractivity contribution in [2.45, 2.75) is 69.2 Å². The van der Waals surface area contributed by atoms with Crippen molar-refractivity contribution in [2.24, 2.45) is 9.50 Å². The largest absolute Gasteiger partial charge is 0.477 e. The molecule has 2 aromatic rings. The lowest BCUT2D eigenvalue weighted by molar-refractivity contribution is 0.224. The number of hydrogen-bond donors (Lipinski definition) is 2. The van der Waals surface area contributed by atoms with Gasteiger partial charge in [-0.2, -0.15) is 5.10 Å². The molecule has 2 atom stereocenters. The molecule has 2 heterocycles. The van der Waals surface area contributed by atoms with Crippen LogP contribution in [-0.4, -0.2) is 26.6 Å². The molecule has 0 saturated heterocycles. The summed E-state index contributed by atoms with van der Waals surface area (Å²) in [5, 5.41) is 13.2. The molecule has 0 spiro atoms. The Balaban J connectivity index is 1.51. The molecular weight excluding hydrogens is 402 g/mol. The summed E-state index contributed by atoms with van der Waals surface area (Å²) < 4.78 is 24.2. The van der Waals surface area contributed by atoms with E-state index >= 15 is 0 Å². The van der Waals surface area contributed by atoms with Crippen molar-refractivity contribution in [2.75, 3.05) is 11.9 Å². The summed E-state index contributed by atoms with van der Waals surface area (Å²) >= 11 is 0. The summed E-state index contributed by atoms with van der Waals surface area (Å²) in [5.74, 6) is 0.775. The van der Waals surface area contributed by atoms with Crippen LogP contribution in [0.1, 0.15) is 60.8 Å². The molecule has 3 N–H and O–H groups in total. The molecule has 2 amide bonds. The molecule has 3 aliphatic rings. The summed E-state index contributed by atoms with van der Waals surface area (Å²) in [4.78, 5) is 13.1. The van der Waals surface area contributed by atoms with E-state index in [1.54, 1.807) is 4.68 Å². The summed E-state index contributed by atoms with van der Waals surface area (Å²) in [6, 6.07) is 1.64. The smallest absolute Gasteiger partial charge is 0.354 e. The number of carbonyl (C=O) groups excluding carboxylic acids is 1. The highest BCUT2D eigenvalue weighted by Crippen LogP contribution is 2.45. The Morgan fingerprint density at radius 2 is 2.23 bits per heavy atom. The number of amides is 2. The third kappa shape index (κ3) is 3.20. The zero-order valence-corrected chi connectivity index (χ0v) is 18.0. The van der Waals surface area contributed by atoms with Crippen LogP contribution in [0.15, 0.2) is 21.5 Å². The number of nitrogens with one attached hydrogen (secondary N) is 1. The van der Waals surface area contributed by atoms with E-state index in [0.717, 1.165) is 50.6 Å². The molecule has 1 aromatic heterocycles. The molecule has 1 aromatic carbocycles. The second-order valence-electron chi connectivity index (χ2n) is 8.29. The van der Waals surface area contributed by atoms with Crippen LogP contribution in [0.25, 0.3) is 0 Å². The van der Waals surface area contributed by atoms with Crippen LogP contribution in [-0.2, 0) is 35.7 Å². The van der Waals surface area contributed by atoms with Gasteiger partial charge in [0, 0.05) is 18.7 Å². The topological polar surface area (TPSA) is 112 Å². The summed E-state index contributed by atoms with van der Waals surface area (Å²) in [6.45, 7) is 3.34. The number of aryl methyl sites for hydroxylation is 3. The zero-order chi connectivity index (χ0) is 20.9. The van der Waals surface area contributed by atoms with Crippen LogP contribution in [0.5, 0.6) is 5.88 Å². The number of anilines is 1. The van der Waals surface area contributed by atoms with Gasteiger partial charge >= 0.3 is 6.03 Å². The quantitative estimate of drug-likeness (QED) is 0.777. The van der Waals surface area contributed by atoms with Gasteiger partial charge in [-0.05, 0) is 66.7 Å². The first-order chi connectivity index (χ1) is 14.5. The fraction of sp³-hybridized carbons (Fsp3) is 0.524. The molecule has 30 heavy (non-hydrogen) atoms. The molecule has 160 valence electrons. The van der Waals surface area contributed by atoms with E-state index < -0.39 is 15.9 Å². The first-order valence-electron chi connectivity index (χ1n) is 10.7. The monoisotopic (exact) mass is 429 g/mol. The Bertz CT molecular complexity index is 1150. The molecule has 2 aliphatic carbocycles. The number of aromatic nitrogens is 2. The Kier molecular flexibility index (Phi) is 4.82. The van der Waals surface area contributed by atoms with Gasteiger partial charge in [-0.25, -0.2) is 18.8 Å². The van der Waals surface area contributed by atoms with Gasteiger partial charge in [0.05, 0.1) is 12.8 Å². The standard InChI is InChI=1S/C21H27N5O3S/c1-2-13-7-8-15-11-14-5-3-6-16(14)19(18(13)15)24-21(27)25-30(22,28)17-12-23-26-9-4-10-29-20(17)26/h11-13H,2-10H2,1H3,(H3,22,24,25,27,28). The Hall–Kier alpha value is -2.39. The average Bonchev–Trinajstić information content (AvgIpc) is 3.44. The summed E-state index contributed by atoms with van der Waals surface area (Å²) in [6.07, 6.45) is 8.44. The number of fused-ring (bicyclic) bond motifs is 3. The Labute approximate surface area is 176 Å². The van der Waals surface area contributed by atoms with Crippen molar-refractivity contribution < 1.29 is 13.7 Å². The Morgan fingerprint density at radius 1 is 1.37 bits per heavy atom. The van der Waals surface area contributed by atoms with Crippen molar-refractivity contribution in [1.82, 2.24) is 9.78 Å². The normalized spacial score (nSPS) is 21.2. The van der Waals surface area contributed by atoms with Gasteiger partial charge in [0.15, 0.2) is 9.92 Å². The molecular formula is C21H27N5O3S. The second-order valence-corrected chi connectivity index (χ2v) is 10.0. The molecule has 1 aliphatic heterocycles. The summed E-state index contributed by atoms with van der Waals surface area (Å²) in [7, 11) is -3.47. The molecule has 2 unspecified atom stereocenters. The molecule has 9 heteroatoms. The van der Waals surface area contributed by atoms with Gasteiger partial charge in [-0.3, -0.25) is 0 Å². The van der Waals surface area contributed by atoms with Crippen LogP contribution >= 0.6 is 0 Å². The van der Waals surface area contributed by atoms with Gasteiger partial charge in [0.2, 0.25) is 5.88 Å². The van der Waals surface area contributed by atoms with Crippen molar-refractivity contribution in [1.29, 1.82) is 0 Å². The maximum Gasteiger partial charge on any atom is 0.354 e. The van der Waals surface area contributed by atoms with E-state index in [1.807, 2.05) is 0 Å². The predicted octanol–water partition coefficient (Wildman–Crippen LogP) is 3.53. The lowest BCUT2D eigenvalue weighted by Gasteiger charge is -2.19. The molecule has 5 rings (SSSR count). The van der Waals surface area contributed by atoms with Gasteiger partial charge in [-0.1, -0.05) is 13.0 Å². The minimum absolute atomic E-state index is 0.173. The van der Waals surface area contributed by atoms with Gasteiger partial charge in [-0.15, -0.1) is 4.36 Å². The van der Waals surface area contributed by atoms with Crippen LogP contribution in [0.2, 0.25) is 0 Å². The highest BCUT2D eigenvalue weighted by Gasteiger charge is 2.30. The average molecular weight is 430 g/mol. The molecule has 0 radical (unpaired) electrons. The van der Waals surface area contributed by atoms with Crippen molar-refractivity contribution in [3.8, 4) is 5.88 Å². The SMILES string of the molecule is CCC1CCc2cc3c(c(NC(=O)N=S(N)(=O)c4cnn5c4OCCC5)c21)CCC3. The van der Waals surface area contributed by atoms with E-state index in [2.05, 4.69) is 27.8 Å². The number of nitrogens with zero attached hydrogens (tertiary/aromatic N) is 3. The van der Waals surface area contributed by atoms with Crippen molar-refractivity contribution in [3.63, 3.8) is 0 Å². The van der Waals surface area contributed by atoms with Crippen LogP contribution in [0, 0.1) is 0 Å². The van der Waals surface area contributed by atoms with E-state index in [4.69, 9.17) is 9.88 Å².